The summed E-state index contributed by atoms with van der Waals surface area (Å²) in [5.41, 5.74) is 1.20. The van der Waals surface area contributed by atoms with Gasteiger partial charge in [0.1, 0.15) is 11.9 Å². The summed E-state index contributed by atoms with van der Waals surface area (Å²) in [4.78, 5) is 0. The highest BCUT2D eigenvalue weighted by Crippen LogP contribution is 2.19. The second kappa shape index (κ2) is 7.93. The fourth-order valence-electron chi connectivity index (χ4n) is 1.78. The van der Waals surface area contributed by atoms with Gasteiger partial charge in [-0.25, -0.2) is 0 Å². The van der Waals surface area contributed by atoms with Crippen molar-refractivity contribution in [2.45, 2.75) is 33.3 Å². The van der Waals surface area contributed by atoms with Gasteiger partial charge >= 0.3 is 0 Å². The van der Waals surface area contributed by atoms with Crippen LogP contribution in [0.25, 0.3) is 0 Å². The van der Waals surface area contributed by atoms with E-state index in [1.807, 2.05) is 24.3 Å². The van der Waals surface area contributed by atoms with Crippen molar-refractivity contribution in [3.05, 3.63) is 42.5 Å². The van der Waals surface area contributed by atoms with Crippen LogP contribution in [0.5, 0.6) is 5.75 Å². The molecule has 1 unspecified atom stereocenters. The lowest BCUT2D eigenvalue weighted by Crippen LogP contribution is -2.31. The maximum Gasteiger partial charge on any atom is 0.123 e. The van der Waals surface area contributed by atoms with Gasteiger partial charge < -0.3 is 10.1 Å². The van der Waals surface area contributed by atoms with Gasteiger partial charge in [0.05, 0.1) is 0 Å². The summed E-state index contributed by atoms with van der Waals surface area (Å²) in [6.07, 6.45) is 2.93. The molecule has 1 atom stereocenters. The summed E-state index contributed by atoms with van der Waals surface area (Å²) in [5, 5.41) is 3.41. The maximum absolute atomic E-state index is 5.97. The number of hydrogen-bond acceptors (Lipinski definition) is 2. The lowest BCUT2D eigenvalue weighted by atomic mass is 10.1. The van der Waals surface area contributed by atoms with Gasteiger partial charge in [-0.1, -0.05) is 38.1 Å². The lowest BCUT2D eigenvalue weighted by molar-refractivity contribution is 0.214. The number of hydrogen-bond donors (Lipinski definition) is 1. The van der Waals surface area contributed by atoms with Crippen molar-refractivity contribution >= 4 is 0 Å². The zero-order valence-corrected chi connectivity index (χ0v) is 11.8. The highest BCUT2D eigenvalue weighted by molar-refractivity contribution is 5.34. The Morgan fingerprint density at radius 2 is 1.94 bits per heavy atom. The SMILES string of the molecule is C=CCc1ccccc1OC(C)CNCC(C)C. The lowest BCUT2D eigenvalue weighted by Gasteiger charge is -2.18. The molecule has 0 fully saturated rings. The molecule has 0 aliphatic rings. The Hall–Kier alpha value is -1.28. The molecule has 0 aliphatic carbocycles. The van der Waals surface area contributed by atoms with E-state index in [1.54, 1.807) is 0 Å². The third-order valence-corrected chi connectivity index (χ3v) is 2.65. The van der Waals surface area contributed by atoms with Gasteiger partial charge in [0.15, 0.2) is 0 Å². The molecule has 0 spiro atoms. The van der Waals surface area contributed by atoms with E-state index in [1.165, 1.54) is 5.56 Å². The number of ether oxygens (including phenoxy) is 1. The van der Waals surface area contributed by atoms with Crippen LogP contribution >= 0.6 is 0 Å². The normalized spacial score (nSPS) is 12.4. The number of para-hydroxylation sites is 1. The van der Waals surface area contributed by atoms with Crippen molar-refractivity contribution in [2.24, 2.45) is 5.92 Å². The Bertz CT molecular complexity index is 360. The van der Waals surface area contributed by atoms with Gasteiger partial charge in [0.25, 0.3) is 0 Å². The van der Waals surface area contributed by atoms with Crippen LogP contribution in [0.4, 0.5) is 0 Å². The van der Waals surface area contributed by atoms with E-state index in [9.17, 15) is 0 Å². The standard InChI is InChI=1S/C16H25NO/c1-5-8-15-9-6-7-10-16(15)18-14(4)12-17-11-13(2)3/h5-7,9-10,13-14,17H,1,8,11-12H2,2-4H3. The van der Waals surface area contributed by atoms with Crippen molar-refractivity contribution in [1.29, 1.82) is 0 Å². The van der Waals surface area contributed by atoms with Crippen molar-refractivity contribution in [3.8, 4) is 5.75 Å². The van der Waals surface area contributed by atoms with E-state index >= 15 is 0 Å². The van der Waals surface area contributed by atoms with Crippen molar-refractivity contribution in [2.75, 3.05) is 13.1 Å². The van der Waals surface area contributed by atoms with E-state index in [0.717, 1.165) is 25.3 Å². The molecular formula is C16H25NO. The molecule has 0 heterocycles. The molecule has 2 heteroatoms. The molecule has 1 rings (SSSR count). The van der Waals surface area contributed by atoms with Gasteiger partial charge in [-0.05, 0) is 37.4 Å². The van der Waals surface area contributed by atoms with Gasteiger partial charge in [-0.3, -0.25) is 0 Å². The van der Waals surface area contributed by atoms with Crippen LogP contribution < -0.4 is 10.1 Å². The van der Waals surface area contributed by atoms with Gasteiger partial charge in [-0.15, -0.1) is 6.58 Å². The Balaban J connectivity index is 2.47. The quantitative estimate of drug-likeness (QED) is 0.711. The Labute approximate surface area is 111 Å². The number of rotatable bonds is 8. The average molecular weight is 247 g/mol. The van der Waals surface area contributed by atoms with E-state index in [4.69, 9.17) is 4.74 Å². The van der Waals surface area contributed by atoms with Crippen molar-refractivity contribution < 1.29 is 4.74 Å². The molecule has 1 aromatic carbocycles. The third kappa shape index (κ3) is 5.37. The summed E-state index contributed by atoms with van der Waals surface area (Å²) in [7, 11) is 0. The minimum Gasteiger partial charge on any atom is -0.489 e. The molecule has 0 aliphatic heterocycles. The minimum absolute atomic E-state index is 0.176. The molecule has 0 saturated heterocycles. The smallest absolute Gasteiger partial charge is 0.123 e. The summed E-state index contributed by atoms with van der Waals surface area (Å²) < 4.78 is 5.97. The zero-order valence-electron chi connectivity index (χ0n) is 11.8. The van der Waals surface area contributed by atoms with Crippen molar-refractivity contribution in [1.82, 2.24) is 5.32 Å². The highest BCUT2D eigenvalue weighted by atomic mass is 16.5. The second-order valence-electron chi connectivity index (χ2n) is 5.08. The molecular weight excluding hydrogens is 222 g/mol. The van der Waals surface area contributed by atoms with E-state index < -0.39 is 0 Å². The van der Waals surface area contributed by atoms with E-state index in [0.29, 0.717) is 5.92 Å². The highest BCUT2D eigenvalue weighted by Gasteiger charge is 2.07. The first-order valence-corrected chi connectivity index (χ1v) is 6.69. The van der Waals surface area contributed by atoms with Gasteiger partial charge in [0, 0.05) is 6.54 Å². The molecule has 0 bridgehead atoms. The monoisotopic (exact) mass is 247 g/mol. The van der Waals surface area contributed by atoms with Crippen LogP contribution in [-0.4, -0.2) is 19.2 Å². The van der Waals surface area contributed by atoms with Gasteiger partial charge in [0.2, 0.25) is 0 Å². The Kier molecular flexibility index (Phi) is 6.51. The molecule has 0 aromatic heterocycles. The largest absolute Gasteiger partial charge is 0.489 e. The first-order chi connectivity index (χ1) is 8.63. The Morgan fingerprint density at radius 3 is 2.61 bits per heavy atom. The molecule has 1 N–H and O–H groups in total. The van der Waals surface area contributed by atoms with Crippen LogP contribution in [0.3, 0.4) is 0 Å². The molecule has 0 amide bonds. The predicted octanol–water partition coefficient (Wildman–Crippen LogP) is 3.43. The second-order valence-corrected chi connectivity index (χ2v) is 5.08. The van der Waals surface area contributed by atoms with Crippen LogP contribution in [-0.2, 0) is 6.42 Å². The van der Waals surface area contributed by atoms with Crippen LogP contribution in [0.15, 0.2) is 36.9 Å². The summed E-state index contributed by atoms with van der Waals surface area (Å²) >= 11 is 0. The molecule has 0 saturated carbocycles. The van der Waals surface area contributed by atoms with E-state index in [2.05, 4.69) is 38.7 Å². The fraction of sp³-hybridized carbons (Fsp3) is 0.500. The minimum atomic E-state index is 0.176. The molecule has 2 nitrogen and oxygen atoms in total. The van der Waals surface area contributed by atoms with Crippen LogP contribution in [0.1, 0.15) is 26.3 Å². The first kappa shape index (κ1) is 14.8. The number of benzene rings is 1. The van der Waals surface area contributed by atoms with E-state index in [-0.39, 0.29) is 6.10 Å². The van der Waals surface area contributed by atoms with Crippen LogP contribution in [0, 0.1) is 5.92 Å². The Morgan fingerprint density at radius 1 is 1.22 bits per heavy atom. The molecule has 100 valence electrons. The van der Waals surface area contributed by atoms with Crippen LogP contribution in [0.2, 0.25) is 0 Å². The summed E-state index contributed by atoms with van der Waals surface area (Å²) in [6.45, 7) is 12.2. The van der Waals surface area contributed by atoms with Crippen molar-refractivity contribution in [3.63, 3.8) is 0 Å². The zero-order chi connectivity index (χ0) is 13.4. The molecule has 18 heavy (non-hydrogen) atoms. The summed E-state index contributed by atoms with van der Waals surface area (Å²) in [5.74, 6) is 1.64. The predicted molar refractivity (Wildman–Crippen MR) is 78.1 cm³/mol. The molecule has 1 aromatic rings. The number of allylic oxidation sites excluding steroid dienone is 1. The first-order valence-electron chi connectivity index (χ1n) is 6.69. The maximum atomic E-state index is 5.97. The average Bonchev–Trinajstić information content (AvgIpc) is 2.31. The molecule has 0 radical (unpaired) electrons. The number of nitrogens with one attached hydrogen (secondary N) is 1. The topological polar surface area (TPSA) is 21.3 Å². The van der Waals surface area contributed by atoms with Gasteiger partial charge in [-0.2, -0.15) is 0 Å². The summed E-state index contributed by atoms with van der Waals surface area (Å²) in [6, 6.07) is 8.16. The third-order valence-electron chi connectivity index (χ3n) is 2.65. The fourth-order valence-corrected chi connectivity index (χ4v) is 1.78.